The molecule has 0 saturated carbocycles. The summed E-state index contributed by atoms with van der Waals surface area (Å²) in [5, 5.41) is 11.5. The van der Waals surface area contributed by atoms with Crippen LogP contribution < -0.4 is 11.1 Å². The summed E-state index contributed by atoms with van der Waals surface area (Å²) in [6.07, 6.45) is 3.69. The van der Waals surface area contributed by atoms with Gasteiger partial charge in [-0.05, 0) is 12.3 Å². The molecule has 106 valence electrons. The van der Waals surface area contributed by atoms with Gasteiger partial charge in [-0.3, -0.25) is 4.79 Å². The molecule has 0 unspecified atom stereocenters. The van der Waals surface area contributed by atoms with Crippen molar-refractivity contribution in [3.63, 3.8) is 0 Å². The molecule has 7 nitrogen and oxygen atoms in total. The monoisotopic (exact) mass is 268 g/mol. The number of nitrogens with two attached hydrogens (primary N) is 1. The number of imidazole rings is 1. The van der Waals surface area contributed by atoms with Crippen molar-refractivity contribution in [1.29, 1.82) is 0 Å². The van der Waals surface area contributed by atoms with Crippen molar-refractivity contribution < 1.29 is 14.7 Å². The quantitative estimate of drug-likeness (QED) is 0.550. The summed E-state index contributed by atoms with van der Waals surface area (Å²) >= 11 is 0. The summed E-state index contributed by atoms with van der Waals surface area (Å²) in [6.45, 7) is 3.90. The van der Waals surface area contributed by atoms with Crippen LogP contribution in [0.15, 0.2) is 12.5 Å². The first-order valence-electron chi connectivity index (χ1n) is 6.16. The fraction of sp³-hybridized carbons (Fsp3) is 0.583. The fourth-order valence-electron chi connectivity index (χ4n) is 1.71. The van der Waals surface area contributed by atoms with Crippen LogP contribution in [0, 0.1) is 5.92 Å². The lowest BCUT2D eigenvalue weighted by Crippen LogP contribution is -2.49. The molecule has 19 heavy (non-hydrogen) atoms. The van der Waals surface area contributed by atoms with E-state index in [2.05, 4.69) is 15.3 Å². The Morgan fingerprint density at radius 3 is 2.68 bits per heavy atom. The van der Waals surface area contributed by atoms with E-state index in [4.69, 9.17) is 10.8 Å². The van der Waals surface area contributed by atoms with Crippen molar-refractivity contribution in [1.82, 2.24) is 15.3 Å². The van der Waals surface area contributed by atoms with Gasteiger partial charge in [-0.1, -0.05) is 13.8 Å². The number of amides is 1. The van der Waals surface area contributed by atoms with Gasteiger partial charge in [-0.2, -0.15) is 0 Å². The van der Waals surface area contributed by atoms with Crippen LogP contribution in [-0.2, 0) is 16.0 Å². The Labute approximate surface area is 111 Å². The Morgan fingerprint density at radius 1 is 1.53 bits per heavy atom. The lowest BCUT2D eigenvalue weighted by Gasteiger charge is -2.18. The largest absolute Gasteiger partial charge is 0.480 e. The van der Waals surface area contributed by atoms with Crippen LogP contribution in [0.25, 0.3) is 0 Å². The molecular formula is C12H20N4O3. The van der Waals surface area contributed by atoms with E-state index in [-0.39, 0.29) is 12.3 Å². The van der Waals surface area contributed by atoms with E-state index in [0.717, 1.165) is 0 Å². The van der Waals surface area contributed by atoms with E-state index < -0.39 is 24.0 Å². The lowest BCUT2D eigenvalue weighted by molar-refractivity contribution is -0.142. The van der Waals surface area contributed by atoms with Gasteiger partial charge in [0.15, 0.2) is 0 Å². The van der Waals surface area contributed by atoms with Crippen molar-refractivity contribution in [2.45, 2.75) is 38.8 Å². The first-order chi connectivity index (χ1) is 8.90. The Kier molecular flexibility index (Phi) is 5.50. The normalized spacial score (nSPS) is 14.1. The smallest absolute Gasteiger partial charge is 0.326 e. The molecule has 1 heterocycles. The van der Waals surface area contributed by atoms with Crippen molar-refractivity contribution in [3.8, 4) is 0 Å². The molecule has 0 aliphatic carbocycles. The Hall–Kier alpha value is -1.89. The standard InChI is InChI=1S/C12H20N4O3/c1-7(2)3-9(13)11(17)16-10(12(18)19)4-8-5-14-6-15-8/h5-7,9-10H,3-4,13H2,1-2H3,(H,14,15)(H,16,17)(H,18,19)/t9-,10+/m0/s1. The molecule has 0 bridgehead atoms. The fourth-order valence-corrected chi connectivity index (χ4v) is 1.71. The van der Waals surface area contributed by atoms with E-state index in [1.165, 1.54) is 6.33 Å². The zero-order valence-corrected chi connectivity index (χ0v) is 11.1. The molecule has 0 aliphatic rings. The SMILES string of the molecule is CC(C)C[C@H](N)C(=O)N[C@H](Cc1c[nH]cn1)C(=O)O. The van der Waals surface area contributed by atoms with Crippen LogP contribution in [0.1, 0.15) is 26.0 Å². The highest BCUT2D eigenvalue weighted by Gasteiger charge is 2.24. The minimum Gasteiger partial charge on any atom is -0.480 e. The number of H-pyrrole nitrogens is 1. The second-order valence-corrected chi connectivity index (χ2v) is 4.90. The molecule has 7 heteroatoms. The summed E-state index contributed by atoms with van der Waals surface area (Å²) in [5.41, 5.74) is 6.29. The number of carbonyl (C=O) groups is 2. The number of aliphatic carboxylic acids is 1. The molecule has 0 aromatic carbocycles. The summed E-state index contributed by atoms with van der Waals surface area (Å²) in [7, 11) is 0. The molecule has 0 radical (unpaired) electrons. The average Bonchev–Trinajstić information content (AvgIpc) is 2.79. The number of aromatic nitrogens is 2. The minimum absolute atomic E-state index is 0.124. The Balaban J connectivity index is 2.58. The van der Waals surface area contributed by atoms with Gasteiger partial charge < -0.3 is 21.1 Å². The molecule has 0 spiro atoms. The number of carbonyl (C=O) groups excluding carboxylic acids is 1. The van der Waals surface area contributed by atoms with Gasteiger partial charge in [0.25, 0.3) is 0 Å². The van der Waals surface area contributed by atoms with Crippen LogP contribution in [0.2, 0.25) is 0 Å². The topological polar surface area (TPSA) is 121 Å². The highest BCUT2D eigenvalue weighted by Crippen LogP contribution is 2.04. The van der Waals surface area contributed by atoms with Crippen molar-refractivity contribution >= 4 is 11.9 Å². The molecule has 0 fully saturated rings. The predicted octanol–water partition coefficient (Wildman–Crippen LogP) is -0.105. The molecule has 5 N–H and O–H groups in total. The second-order valence-electron chi connectivity index (χ2n) is 4.90. The summed E-state index contributed by atoms with van der Waals surface area (Å²) < 4.78 is 0. The zero-order chi connectivity index (χ0) is 14.4. The molecule has 1 aromatic rings. The molecular weight excluding hydrogens is 248 g/mol. The van der Waals surface area contributed by atoms with Gasteiger partial charge in [-0.25, -0.2) is 9.78 Å². The average molecular weight is 268 g/mol. The van der Waals surface area contributed by atoms with E-state index in [0.29, 0.717) is 12.1 Å². The minimum atomic E-state index is -1.10. The van der Waals surface area contributed by atoms with E-state index >= 15 is 0 Å². The maximum Gasteiger partial charge on any atom is 0.326 e. The van der Waals surface area contributed by atoms with Gasteiger partial charge in [-0.15, -0.1) is 0 Å². The number of aromatic amines is 1. The number of hydrogen-bond donors (Lipinski definition) is 4. The lowest BCUT2D eigenvalue weighted by atomic mass is 10.0. The highest BCUT2D eigenvalue weighted by molar-refractivity contribution is 5.86. The molecule has 0 saturated heterocycles. The van der Waals surface area contributed by atoms with Gasteiger partial charge in [0, 0.05) is 12.6 Å². The highest BCUT2D eigenvalue weighted by atomic mass is 16.4. The maximum atomic E-state index is 11.8. The maximum absolute atomic E-state index is 11.8. The predicted molar refractivity (Wildman–Crippen MR) is 69.3 cm³/mol. The molecule has 1 rings (SSSR count). The van der Waals surface area contributed by atoms with Crippen molar-refractivity contribution in [2.75, 3.05) is 0 Å². The molecule has 2 atom stereocenters. The first-order valence-corrected chi connectivity index (χ1v) is 6.16. The van der Waals surface area contributed by atoms with Crippen molar-refractivity contribution in [2.24, 2.45) is 11.7 Å². The Morgan fingerprint density at radius 2 is 2.21 bits per heavy atom. The zero-order valence-electron chi connectivity index (χ0n) is 11.1. The van der Waals surface area contributed by atoms with Gasteiger partial charge >= 0.3 is 5.97 Å². The number of carboxylic acids is 1. The van der Waals surface area contributed by atoms with Gasteiger partial charge in [0.2, 0.25) is 5.91 Å². The summed E-state index contributed by atoms with van der Waals surface area (Å²) in [6, 6.07) is -1.71. The third-order valence-electron chi connectivity index (χ3n) is 2.64. The third-order valence-corrected chi connectivity index (χ3v) is 2.64. The number of rotatable bonds is 7. The summed E-state index contributed by atoms with van der Waals surface area (Å²) in [5.74, 6) is -1.28. The van der Waals surface area contributed by atoms with Crippen LogP contribution in [0.4, 0.5) is 0 Å². The van der Waals surface area contributed by atoms with E-state index in [1.54, 1.807) is 6.20 Å². The summed E-state index contributed by atoms with van der Waals surface area (Å²) in [4.78, 5) is 29.6. The first kappa shape index (κ1) is 15.2. The third kappa shape index (κ3) is 5.09. The van der Waals surface area contributed by atoms with Crippen LogP contribution in [-0.4, -0.2) is 39.0 Å². The molecule has 0 aliphatic heterocycles. The number of nitrogens with zero attached hydrogens (tertiary/aromatic N) is 1. The van der Waals surface area contributed by atoms with Crippen LogP contribution in [0.3, 0.4) is 0 Å². The van der Waals surface area contributed by atoms with Crippen LogP contribution >= 0.6 is 0 Å². The second kappa shape index (κ2) is 6.89. The Bertz CT molecular complexity index is 417. The van der Waals surface area contributed by atoms with Gasteiger partial charge in [0.1, 0.15) is 6.04 Å². The van der Waals surface area contributed by atoms with Crippen molar-refractivity contribution in [3.05, 3.63) is 18.2 Å². The number of nitrogens with one attached hydrogen (secondary N) is 2. The van der Waals surface area contributed by atoms with E-state index in [9.17, 15) is 9.59 Å². The molecule has 1 amide bonds. The number of hydrogen-bond acceptors (Lipinski definition) is 4. The van der Waals surface area contributed by atoms with Crippen LogP contribution in [0.5, 0.6) is 0 Å². The number of carboxylic acid groups (broad SMARTS) is 1. The molecule has 1 aromatic heterocycles. The van der Waals surface area contributed by atoms with Gasteiger partial charge in [0.05, 0.1) is 18.1 Å². The van der Waals surface area contributed by atoms with E-state index in [1.807, 2.05) is 13.8 Å².